The number of ketones is 2. The molecule has 4 aliphatic carbocycles. The van der Waals surface area contributed by atoms with Crippen molar-refractivity contribution in [3.05, 3.63) is 11.6 Å². The third kappa shape index (κ3) is 2.51. The highest BCUT2D eigenvalue weighted by atomic mass is 16.5. The number of hydrogen-bond acceptors (Lipinski definition) is 5. The van der Waals surface area contributed by atoms with Crippen LogP contribution in [-0.2, 0) is 19.1 Å². The third-order valence-electron chi connectivity index (χ3n) is 8.93. The van der Waals surface area contributed by atoms with Gasteiger partial charge in [0.1, 0.15) is 11.7 Å². The Hall–Kier alpha value is -1.49. The van der Waals surface area contributed by atoms with E-state index in [1.165, 1.54) is 19.4 Å². The predicted octanol–water partition coefficient (Wildman–Crippen LogP) is 3.38. The Morgan fingerprint density at radius 1 is 1.14 bits per heavy atom. The number of ether oxygens (including phenoxy) is 1. The number of rotatable bonds is 2. The summed E-state index contributed by atoms with van der Waals surface area (Å²) in [6.45, 7) is 7.17. The van der Waals surface area contributed by atoms with Crippen molar-refractivity contribution in [1.29, 1.82) is 0 Å². The first-order chi connectivity index (χ1) is 13.0. The molecule has 0 aromatic heterocycles. The van der Waals surface area contributed by atoms with Gasteiger partial charge in [-0.3, -0.25) is 14.4 Å². The van der Waals surface area contributed by atoms with Gasteiger partial charge in [-0.1, -0.05) is 19.4 Å². The molecule has 0 aromatic carbocycles. The molecule has 0 bridgehead atoms. The van der Waals surface area contributed by atoms with Crippen LogP contribution in [0.25, 0.3) is 0 Å². The zero-order valence-corrected chi connectivity index (χ0v) is 17.4. The maximum atomic E-state index is 12.4. The van der Waals surface area contributed by atoms with Crippen molar-refractivity contribution in [3.63, 3.8) is 0 Å². The van der Waals surface area contributed by atoms with Crippen LogP contribution in [0.2, 0.25) is 0 Å². The number of carbonyl (C=O) groups excluding carboxylic acids is 3. The molecule has 0 heterocycles. The molecule has 0 amide bonds. The molecule has 0 unspecified atom stereocenters. The van der Waals surface area contributed by atoms with Gasteiger partial charge in [0.2, 0.25) is 0 Å². The van der Waals surface area contributed by atoms with Gasteiger partial charge in [0.05, 0.1) is 0 Å². The van der Waals surface area contributed by atoms with Crippen molar-refractivity contribution in [3.8, 4) is 0 Å². The molecule has 4 aliphatic rings. The first-order valence-corrected chi connectivity index (χ1v) is 10.7. The van der Waals surface area contributed by atoms with Crippen LogP contribution in [0, 0.1) is 28.6 Å². The Kier molecular flexibility index (Phi) is 4.42. The first kappa shape index (κ1) is 19.8. The number of hydrogen-bond donors (Lipinski definition) is 1. The molecule has 0 saturated heterocycles. The molecular weight excluding hydrogens is 356 g/mol. The molecule has 4 rings (SSSR count). The second-order valence-corrected chi connectivity index (χ2v) is 10.1. The zero-order valence-electron chi connectivity index (χ0n) is 17.4. The average molecular weight is 389 g/mol. The Morgan fingerprint density at radius 2 is 1.86 bits per heavy atom. The molecule has 0 radical (unpaired) electrons. The van der Waals surface area contributed by atoms with Crippen molar-refractivity contribution in [2.24, 2.45) is 28.6 Å². The number of allylic oxidation sites excluding steroid dienone is 1. The molecule has 0 aromatic rings. The van der Waals surface area contributed by atoms with Crippen LogP contribution in [0.1, 0.15) is 72.6 Å². The summed E-state index contributed by atoms with van der Waals surface area (Å²) < 4.78 is 5.87. The second-order valence-electron chi connectivity index (χ2n) is 10.1. The molecule has 5 nitrogen and oxygen atoms in total. The monoisotopic (exact) mass is 388 g/mol. The minimum atomic E-state index is -1.35. The highest BCUT2D eigenvalue weighted by molar-refractivity contribution is 5.91. The van der Waals surface area contributed by atoms with Gasteiger partial charge in [0.15, 0.2) is 11.6 Å². The Labute approximate surface area is 166 Å². The highest BCUT2D eigenvalue weighted by Crippen LogP contribution is 2.68. The lowest BCUT2D eigenvalue weighted by Gasteiger charge is -2.60. The van der Waals surface area contributed by atoms with E-state index in [1.807, 2.05) is 13.0 Å². The number of Topliss-reactive ketones (excluding diaryl/α,β-unsaturated/α-hetero) is 1. The zero-order chi connectivity index (χ0) is 20.5. The predicted molar refractivity (Wildman–Crippen MR) is 103 cm³/mol. The number of carbonyl (C=O) groups is 3. The lowest BCUT2D eigenvalue weighted by atomic mass is 9.45. The van der Waals surface area contributed by atoms with Crippen molar-refractivity contribution in [2.45, 2.75) is 84.3 Å². The largest absolute Gasteiger partial charge is 0.462 e. The summed E-state index contributed by atoms with van der Waals surface area (Å²) in [5, 5.41) is 11.4. The summed E-state index contributed by atoms with van der Waals surface area (Å²) in [4.78, 5) is 36.5. The van der Waals surface area contributed by atoms with E-state index in [1.54, 1.807) is 0 Å². The fraction of sp³-hybridized carbons (Fsp3) is 0.783. The van der Waals surface area contributed by atoms with Crippen LogP contribution >= 0.6 is 0 Å². The number of fused-ring (bicyclic) bond motifs is 5. The van der Waals surface area contributed by atoms with E-state index in [-0.39, 0.29) is 46.8 Å². The number of esters is 1. The van der Waals surface area contributed by atoms with Gasteiger partial charge in [-0.05, 0) is 68.8 Å². The molecule has 3 saturated carbocycles. The van der Waals surface area contributed by atoms with Crippen molar-refractivity contribution >= 4 is 17.5 Å². The van der Waals surface area contributed by atoms with Gasteiger partial charge in [-0.25, -0.2) is 0 Å². The quantitative estimate of drug-likeness (QED) is 0.734. The summed E-state index contributed by atoms with van der Waals surface area (Å²) in [6.07, 6.45) is 6.43. The van der Waals surface area contributed by atoms with E-state index in [0.717, 1.165) is 25.7 Å². The van der Waals surface area contributed by atoms with Crippen LogP contribution < -0.4 is 0 Å². The molecule has 5 heteroatoms. The van der Waals surface area contributed by atoms with Gasteiger partial charge < -0.3 is 9.84 Å². The Balaban J connectivity index is 1.80. The van der Waals surface area contributed by atoms with Gasteiger partial charge in [0.25, 0.3) is 0 Å². The molecule has 1 N–H and O–H groups in total. The van der Waals surface area contributed by atoms with E-state index in [2.05, 4.69) is 6.92 Å². The van der Waals surface area contributed by atoms with Crippen molar-refractivity contribution in [2.75, 3.05) is 0 Å². The van der Waals surface area contributed by atoms with Crippen LogP contribution in [0.4, 0.5) is 0 Å². The van der Waals surface area contributed by atoms with Gasteiger partial charge in [-0.15, -0.1) is 0 Å². The van der Waals surface area contributed by atoms with E-state index in [9.17, 15) is 19.5 Å². The van der Waals surface area contributed by atoms with Crippen molar-refractivity contribution < 1.29 is 24.2 Å². The normalized spacial score (nSPS) is 47.5. The fourth-order valence-corrected chi connectivity index (χ4v) is 7.56. The standard InChI is InChI=1S/C23H32O5/c1-13(24)23(27)10-8-18-17-6-5-15-11-16(26)7-9-21(15,3)20(17)19(28-14(2)25)12-22(18,23)4/h11,17-20,27H,5-10,12H2,1-4H3/t17-,18-,19-,20+,21-,22-,23-/m0/s1. The van der Waals surface area contributed by atoms with Gasteiger partial charge in [-0.2, -0.15) is 0 Å². The maximum Gasteiger partial charge on any atom is 0.302 e. The van der Waals surface area contributed by atoms with Crippen molar-refractivity contribution in [1.82, 2.24) is 0 Å². The summed E-state index contributed by atoms with van der Waals surface area (Å²) in [6, 6.07) is 0. The lowest BCUT2D eigenvalue weighted by molar-refractivity contribution is -0.193. The minimum Gasteiger partial charge on any atom is -0.462 e. The van der Waals surface area contributed by atoms with E-state index in [0.29, 0.717) is 19.3 Å². The summed E-state index contributed by atoms with van der Waals surface area (Å²) in [5.41, 5.74) is -0.886. The second kappa shape index (κ2) is 6.25. The van der Waals surface area contributed by atoms with Crippen LogP contribution in [0.3, 0.4) is 0 Å². The van der Waals surface area contributed by atoms with Crippen LogP contribution in [-0.4, -0.2) is 34.3 Å². The minimum absolute atomic E-state index is 0.136. The SMILES string of the molecule is CC(=O)O[C@H]1C[C@@]2(C)[C@@H](CC[C@]2(O)C(C)=O)[C@@H]2CCC3=CC(=O)CC[C@]3(C)[C@H]21. The smallest absolute Gasteiger partial charge is 0.302 e. The van der Waals surface area contributed by atoms with Gasteiger partial charge >= 0.3 is 5.97 Å². The van der Waals surface area contributed by atoms with E-state index < -0.39 is 11.0 Å². The van der Waals surface area contributed by atoms with Gasteiger partial charge in [0, 0.05) is 24.7 Å². The molecule has 28 heavy (non-hydrogen) atoms. The lowest BCUT2D eigenvalue weighted by Crippen LogP contribution is -2.62. The van der Waals surface area contributed by atoms with E-state index >= 15 is 0 Å². The molecule has 0 spiro atoms. The molecule has 7 atom stereocenters. The Morgan fingerprint density at radius 3 is 2.50 bits per heavy atom. The molecular formula is C23H32O5. The number of aliphatic hydroxyl groups is 1. The highest BCUT2D eigenvalue weighted by Gasteiger charge is 2.68. The maximum absolute atomic E-state index is 12.4. The third-order valence-corrected chi connectivity index (χ3v) is 8.93. The summed E-state index contributed by atoms with van der Waals surface area (Å²) in [5.74, 6) is 0.352. The first-order valence-electron chi connectivity index (χ1n) is 10.7. The fourth-order valence-electron chi connectivity index (χ4n) is 7.56. The summed E-state index contributed by atoms with van der Waals surface area (Å²) >= 11 is 0. The molecule has 3 fully saturated rings. The van der Waals surface area contributed by atoms with Crippen LogP contribution in [0.5, 0.6) is 0 Å². The average Bonchev–Trinajstić information content (AvgIpc) is 2.87. The topological polar surface area (TPSA) is 80.7 Å². The Bertz CT molecular complexity index is 769. The van der Waals surface area contributed by atoms with E-state index in [4.69, 9.17) is 4.74 Å². The molecule has 0 aliphatic heterocycles. The summed E-state index contributed by atoms with van der Waals surface area (Å²) in [7, 11) is 0. The molecule has 154 valence electrons. The van der Waals surface area contributed by atoms with Crippen LogP contribution in [0.15, 0.2) is 11.6 Å².